The monoisotopic (exact) mass is 1700 g/mol. The molecule has 0 radical (unpaired) electrons. The number of para-hydroxylation sites is 1. The van der Waals surface area contributed by atoms with E-state index < -0.39 is 0 Å². The Kier molecular flexibility index (Phi) is 28.6. The summed E-state index contributed by atoms with van der Waals surface area (Å²) in [5.74, 6) is 0.899. The van der Waals surface area contributed by atoms with Gasteiger partial charge in [-0.2, -0.15) is 5.10 Å². The van der Waals surface area contributed by atoms with E-state index in [4.69, 9.17) is 38.3 Å². The van der Waals surface area contributed by atoms with Gasteiger partial charge in [0.05, 0.1) is 98.4 Å². The summed E-state index contributed by atoms with van der Waals surface area (Å²) in [6.07, 6.45) is 20.7. The Hall–Kier alpha value is -12.7. The first kappa shape index (κ1) is 88.1. The highest BCUT2D eigenvalue weighted by molar-refractivity contribution is 6.00. The number of nitrogens with one attached hydrogen (secondary N) is 6. The number of pyridine rings is 1. The van der Waals surface area contributed by atoms with Crippen molar-refractivity contribution < 1.29 is 47.6 Å². The van der Waals surface area contributed by atoms with Crippen LogP contribution in [0, 0.1) is 20.8 Å². The fourth-order valence-electron chi connectivity index (χ4n) is 16.6. The van der Waals surface area contributed by atoms with Gasteiger partial charge < -0.3 is 75.1 Å². The maximum Gasteiger partial charge on any atom is 0.311 e. The molecule has 3 aliphatic heterocycles. The molecule has 3 amide bonds. The van der Waals surface area contributed by atoms with Gasteiger partial charge in [-0.15, -0.1) is 0 Å². The molecule has 3 saturated heterocycles. The number of benzene rings is 5. The molecular weight excluding hydrogens is 1600 g/mol. The average molecular weight is 1710 g/mol. The zero-order valence-corrected chi connectivity index (χ0v) is 72.8. The Labute approximate surface area is 732 Å². The number of aliphatic hydroxyl groups excluding tert-OH is 1. The van der Waals surface area contributed by atoms with Crippen LogP contribution in [0.3, 0.4) is 0 Å². The predicted molar refractivity (Wildman–Crippen MR) is 485 cm³/mol. The van der Waals surface area contributed by atoms with Crippen molar-refractivity contribution in [2.75, 3.05) is 180 Å². The Balaban J connectivity index is 0.000000146. The van der Waals surface area contributed by atoms with E-state index in [9.17, 15) is 24.3 Å². The molecule has 126 heavy (non-hydrogen) atoms. The van der Waals surface area contributed by atoms with E-state index in [1.54, 1.807) is 50.7 Å². The number of aromatic nitrogens is 10. The second kappa shape index (κ2) is 40.9. The molecule has 3 atom stereocenters. The summed E-state index contributed by atoms with van der Waals surface area (Å²) >= 11 is 0. The highest BCUT2D eigenvalue weighted by Gasteiger charge is 2.35. The maximum absolute atomic E-state index is 13.5. The van der Waals surface area contributed by atoms with Crippen LogP contribution < -0.4 is 31.9 Å². The van der Waals surface area contributed by atoms with Crippen molar-refractivity contribution in [3.05, 3.63) is 249 Å². The number of rotatable bonds is 28. The van der Waals surface area contributed by atoms with Crippen molar-refractivity contribution >= 4 is 103 Å². The van der Waals surface area contributed by atoms with Gasteiger partial charge in [0.1, 0.15) is 23.6 Å². The minimum atomic E-state index is -0.352. The average Bonchev–Trinajstić information content (AvgIpc) is 1.62. The lowest BCUT2D eigenvalue weighted by molar-refractivity contribution is -0.140. The molecule has 0 bridgehead atoms. The minimum absolute atomic E-state index is 0.0398. The number of ether oxygens (including phenoxy) is 4. The fraction of sp³-hybridized carbons (Fsp3) is 0.351. The van der Waals surface area contributed by atoms with E-state index in [1.807, 2.05) is 124 Å². The van der Waals surface area contributed by atoms with E-state index in [0.717, 1.165) is 213 Å². The standard InChI is InChI=1S/C33H38N8O3.C31H37N7O4.C30H33N7O3/c1-22-17-34-33(36-24-18-35-41(19-24)29-10-5-4-7-23(29)20-42)38-31(22)27-12-11-26-25(27)8-6-9-28(26)37-32(43)30(21-44-3)40-15-13-39(2)14-16-40;1-20-17-33-31(34-22-9-8-21(32-18-22)16-28(39)42-4)36-29(20)25-11-10-24-23(25)6-5-7-26(24)35-30(40)27(19-41-3)38-14-12-37(2)13-15-38;1-19-16-31-30(33-20-7-10-27-25(15-20)32-18-40-27)35-28(19)23-9-8-22-21(23)5-4-6-24(22)34-29(38)26(17-39-3)37-13-11-36(2)12-14-37/h4-10,12,17-19,30,42H,11,13-16,20-21H2,1-3H3,(H,37,43)(H,34,36,38);5-9,11,17-18,27H,10,12-16,19H2,1-4H3,(H,35,40)(H,33,34,36);4-7,9-10,15-16,18,26H,8,11-14,17H2,1-3H3,(H,34,38)(H,31,33,35)/t30-;27-;26-/m111/s1. The first-order valence-corrected chi connectivity index (χ1v) is 42.4. The number of hydrogen-bond donors (Lipinski definition) is 7. The van der Waals surface area contributed by atoms with Gasteiger partial charge in [-0.25, -0.2) is 39.6 Å². The molecule has 32 nitrogen and oxygen atoms in total. The number of aryl methyl sites for hydroxylation is 3. The topological polar surface area (TPSA) is 351 Å². The van der Waals surface area contributed by atoms with Crippen LogP contribution in [-0.2, 0) is 70.4 Å². The van der Waals surface area contributed by atoms with Crippen molar-refractivity contribution in [3.63, 3.8) is 0 Å². The molecule has 654 valence electrons. The summed E-state index contributed by atoms with van der Waals surface area (Å²) in [5, 5.41) is 33.6. The quantitative estimate of drug-likeness (QED) is 0.0224. The van der Waals surface area contributed by atoms with Gasteiger partial charge in [0, 0.05) is 163 Å². The fourth-order valence-corrected chi connectivity index (χ4v) is 16.6. The summed E-state index contributed by atoms with van der Waals surface area (Å²) < 4.78 is 28.1. The Morgan fingerprint density at radius 3 is 1.29 bits per heavy atom. The van der Waals surface area contributed by atoms with Gasteiger partial charge in [-0.05, 0) is 166 Å². The molecule has 7 N–H and O–H groups in total. The number of allylic oxidation sites excluding steroid dienone is 3. The van der Waals surface area contributed by atoms with E-state index in [-0.39, 0.29) is 54.8 Å². The summed E-state index contributed by atoms with van der Waals surface area (Å²) in [7, 11) is 12.6. The van der Waals surface area contributed by atoms with E-state index in [0.29, 0.717) is 68.3 Å². The molecule has 5 aromatic carbocycles. The van der Waals surface area contributed by atoms with Gasteiger partial charge in [0.2, 0.25) is 35.6 Å². The number of anilines is 9. The van der Waals surface area contributed by atoms with Crippen LogP contribution in [-0.4, -0.2) is 274 Å². The Morgan fingerprint density at radius 1 is 0.460 bits per heavy atom. The van der Waals surface area contributed by atoms with Crippen LogP contribution >= 0.6 is 0 Å². The number of piperazine rings is 3. The number of nitrogens with zero attached hydrogens (tertiary/aromatic N) is 16. The number of amides is 3. The molecule has 32 heteroatoms. The third-order valence-electron chi connectivity index (χ3n) is 23.7. The third-order valence-corrected chi connectivity index (χ3v) is 23.7. The van der Waals surface area contributed by atoms with Crippen molar-refractivity contribution in [2.45, 2.75) is 71.2 Å². The molecule has 9 heterocycles. The van der Waals surface area contributed by atoms with Crippen molar-refractivity contribution in [3.8, 4) is 5.69 Å². The zero-order chi connectivity index (χ0) is 87.9. The van der Waals surface area contributed by atoms with Gasteiger partial charge in [-0.1, -0.05) is 72.8 Å². The van der Waals surface area contributed by atoms with Crippen molar-refractivity contribution in [1.82, 2.24) is 79.1 Å². The predicted octanol–water partition coefficient (Wildman–Crippen LogP) is 10.1. The normalized spacial score (nSPS) is 16.1. The largest absolute Gasteiger partial charge is 0.469 e. The highest BCUT2D eigenvalue weighted by Crippen LogP contribution is 2.42. The summed E-state index contributed by atoms with van der Waals surface area (Å²) in [4.78, 5) is 102. The number of fused-ring (bicyclic) bond motifs is 4. The minimum Gasteiger partial charge on any atom is -0.469 e. The van der Waals surface area contributed by atoms with Crippen LogP contribution in [0.25, 0.3) is 33.5 Å². The van der Waals surface area contributed by atoms with Crippen LogP contribution in [0.5, 0.6) is 0 Å². The van der Waals surface area contributed by atoms with Crippen LogP contribution in [0.15, 0.2) is 175 Å². The number of carbonyl (C=O) groups excluding carboxylic acids is 4. The molecule has 11 aromatic rings. The Bertz CT molecular complexity index is 5830. The number of carbonyl (C=O) groups is 4. The molecule has 0 unspecified atom stereocenters. The highest BCUT2D eigenvalue weighted by atomic mass is 16.5. The summed E-state index contributed by atoms with van der Waals surface area (Å²) in [6.45, 7) is 17.5. The van der Waals surface area contributed by atoms with Gasteiger partial charge >= 0.3 is 5.97 Å². The number of oxazole rings is 1. The van der Waals surface area contributed by atoms with Gasteiger partial charge in [-0.3, -0.25) is 38.9 Å². The molecule has 6 aromatic heterocycles. The third kappa shape index (κ3) is 20.8. The van der Waals surface area contributed by atoms with E-state index in [2.05, 4.69) is 149 Å². The van der Waals surface area contributed by atoms with Crippen LogP contribution in [0.1, 0.15) is 78.4 Å². The second-order valence-corrected chi connectivity index (χ2v) is 32.2. The Morgan fingerprint density at radius 2 is 0.881 bits per heavy atom. The molecule has 17 rings (SSSR count). The lowest BCUT2D eigenvalue weighted by Gasteiger charge is -2.36. The lowest BCUT2D eigenvalue weighted by atomic mass is 9.99. The molecule has 0 saturated carbocycles. The van der Waals surface area contributed by atoms with Crippen molar-refractivity contribution in [1.29, 1.82) is 0 Å². The van der Waals surface area contributed by atoms with Gasteiger partial charge in [0.25, 0.3) is 0 Å². The maximum atomic E-state index is 13.5. The number of hydrogen-bond acceptors (Lipinski definition) is 28. The molecule has 3 aliphatic carbocycles. The first-order chi connectivity index (χ1) is 61.3. The number of likely N-dealkylation sites (N-methyl/N-ethyl adjacent to an activating group) is 3. The summed E-state index contributed by atoms with van der Waals surface area (Å²) in [6, 6.07) is 33.9. The smallest absolute Gasteiger partial charge is 0.311 e. The van der Waals surface area contributed by atoms with Crippen LogP contribution in [0.2, 0.25) is 0 Å². The molecule has 3 fully saturated rings. The SMILES string of the molecule is COC[C@H](C(=O)Nc1cccc2c1CC=C2c1nc(Nc2ccc(CC(=O)OC)nc2)ncc1C)N1CCN(C)CC1.COC[C@H](C(=O)Nc1cccc2c1CC=C2c1nc(Nc2ccc3ocnc3c2)ncc1C)N1CCN(C)CC1.COC[C@H](C(=O)Nc1cccc2c1CC=C2c1nc(Nc2cnn(-c3ccccc3CO)c2)ncc1C)N1CCN(C)CC1. The molecular formula is C94H108N22O10. The van der Waals surface area contributed by atoms with Crippen LogP contribution in [0.4, 0.5) is 52.0 Å². The first-order valence-electron chi connectivity index (χ1n) is 42.4. The van der Waals surface area contributed by atoms with Gasteiger partial charge in [0.15, 0.2) is 12.0 Å². The van der Waals surface area contributed by atoms with E-state index in [1.165, 1.54) is 13.5 Å². The number of esters is 1. The number of aliphatic hydroxyl groups is 1. The zero-order valence-electron chi connectivity index (χ0n) is 72.8. The van der Waals surface area contributed by atoms with Crippen molar-refractivity contribution in [2.24, 2.45) is 0 Å². The second-order valence-electron chi connectivity index (χ2n) is 32.2. The molecule has 0 spiro atoms. The lowest BCUT2D eigenvalue weighted by Crippen LogP contribution is -2.54. The van der Waals surface area contributed by atoms with E-state index >= 15 is 0 Å². The summed E-state index contributed by atoms with van der Waals surface area (Å²) in [5.41, 5.74) is 23.2. The number of methoxy groups -OCH3 is 4. The molecule has 6 aliphatic rings.